The molecule has 7 nitrogen and oxygen atoms in total. The van der Waals surface area contributed by atoms with Crippen molar-refractivity contribution < 1.29 is 9.32 Å². The van der Waals surface area contributed by atoms with Crippen LogP contribution in [-0.4, -0.2) is 47.3 Å². The maximum Gasteiger partial charge on any atom is 0.319 e. The average Bonchev–Trinajstić information content (AvgIpc) is 3.08. The largest absolute Gasteiger partial charge is 0.335 e. The lowest BCUT2D eigenvalue weighted by Gasteiger charge is -2.29. The number of hydrogen-bond donors (Lipinski definition) is 2. The highest BCUT2D eigenvalue weighted by molar-refractivity contribution is 5.89. The first-order valence-electron chi connectivity index (χ1n) is 8.71. The number of rotatable bonds is 4. The summed E-state index contributed by atoms with van der Waals surface area (Å²) in [5, 5.41) is 9.87. The molecule has 0 saturated carbocycles. The molecule has 2 aromatic rings. The minimum Gasteiger partial charge on any atom is -0.335 e. The van der Waals surface area contributed by atoms with Crippen LogP contribution in [0.5, 0.6) is 0 Å². The van der Waals surface area contributed by atoms with Crippen LogP contribution < -0.4 is 10.6 Å². The van der Waals surface area contributed by atoms with Gasteiger partial charge in [-0.2, -0.15) is 4.98 Å². The number of piperidine rings is 1. The molecule has 1 aromatic heterocycles. The Bertz CT molecular complexity index is 703. The number of hydrogen-bond acceptors (Lipinski definition) is 5. The standard InChI is InChI=1S/C18H25N5O2/c1-12(2)16-21-17(25-22-16)13-4-6-14(7-5-13)19-18(24)20-15-8-10-23(3)11-9-15/h4-7,12,15H,8-11H2,1-3H3,(H2,19,20,24). The number of anilines is 1. The molecule has 1 aliphatic rings. The minimum atomic E-state index is -0.165. The van der Waals surface area contributed by atoms with Gasteiger partial charge in [0, 0.05) is 23.2 Å². The van der Waals surface area contributed by atoms with Gasteiger partial charge in [0.15, 0.2) is 5.82 Å². The molecule has 1 saturated heterocycles. The molecule has 0 atom stereocenters. The van der Waals surface area contributed by atoms with Crippen LogP contribution in [-0.2, 0) is 0 Å². The van der Waals surface area contributed by atoms with Crippen molar-refractivity contribution in [1.29, 1.82) is 0 Å². The van der Waals surface area contributed by atoms with Crippen molar-refractivity contribution in [1.82, 2.24) is 20.4 Å². The normalized spacial score (nSPS) is 16.2. The van der Waals surface area contributed by atoms with E-state index in [0.29, 0.717) is 11.7 Å². The molecule has 1 aliphatic heterocycles. The Balaban J connectivity index is 1.55. The van der Waals surface area contributed by atoms with E-state index in [-0.39, 0.29) is 18.0 Å². The summed E-state index contributed by atoms with van der Waals surface area (Å²) in [4.78, 5) is 18.8. The molecule has 25 heavy (non-hydrogen) atoms. The van der Waals surface area contributed by atoms with E-state index in [1.165, 1.54) is 0 Å². The van der Waals surface area contributed by atoms with Crippen LogP contribution in [0.2, 0.25) is 0 Å². The van der Waals surface area contributed by atoms with E-state index in [2.05, 4.69) is 32.7 Å². The van der Waals surface area contributed by atoms with Crippen molar-refractivity contribution in [2.24, 2.45) is 0 Å². The van der Waals surface area contributed by atoms with Gasteiger partial charge < -0.3 is 20.1 Å². The van der Waals surface area contributed by atoms with Crippen molar-refractivity contribution in [3.8, 4) is 11.5 Å². The smallest absolute Gasteiger partial charge is 0.319 e. The second-order valence-corrected chi connectivity index (χ2v) is 6.87. The van der Waals surface area contributed by atoms with E-state index in [0.717, 1.165) is 37.2 Å². The first kappa shape index (κ1) is 17.4. The fourth-order valence-corrected chi connectivity index (χ4v) is 2.79. The molecule has 3 rings (SSSR count). The third kappa shape index (κ3) is 4.57. The zero-order chi connectivity index (χ0) is 17.8. The summed E-state index contributed by atoms with van der Waals surface area (Å²) in [5.41, 5.74) is 1.57. The number of aromatic nitrogens is 2. The van der Waals surface area contributed by atoms with Gasteiger partial charge in [-0.1, -0.05) is 19.0 Å². The Kier molecular flexibility index (Phi) is 5.33. The van der Waals surface area contributed by atoms with Crippen LogP contribution in [0.15, 0.2) is 28.8 Å². The Hall–Kier alpha value is -2.41. The first-order chi connectivity index (χ1) is 12.0. The van der Waals surface area contributed by atoms with Crippen LogP contribution in [0, 0.1) is 0 Å². The van der Waals surface area contributed by atoms with E-state index >= 15 is 0 Å². The number of carbonyl (C=O) groups is 1. The summed E-state index contributed by atoms with van der Waals surface area (Å²) in [6, 6.07) is 7.47. The second-order valence-electron chi connectivity index (χ2n) is 6.87. The molecule has 2 amide bonds. The van der Waals surface area contributed by atoms with Gasteiger partial charge in [-0.3, -0.25) is 0 Å². The SMILES string of the molecule is CC(C)c1noc(-c2ccc(NC(=O)NC3CCN(C)CC3)cc2)n1. The van der Waals surface area contributed by atoms with E-state index < -0.39 is 0 Å². The topological polar surface area (TPSA) is 83.3 Å². The summed E-state index contributed by atoms with van der Waals surface area (Å²) in [7, 11) is 2.10. The van der Waals surface area contributed by atoms with Crippen LogP contribution in [0.3, 0.4) is 0 Å². The Morgan fingerprint density at radius 2 is 1.92 bits per heavy atom. The molecule has 7 heteroatoms. The van der Waals surface area contributed by atoms with Crippen LogP contribution >= 0.6 is 0 Å². The predicted octanol–water partition coefficient (Wildman–Crippen LogP) is 3.08. The summed E-state index contributed by atoms with van der Waals surface area (Å²) >= 11 is 0. The van der Waals surface area contributed by atoms with Gasteiger partial charge in [-0.05, 0) is 57.2 Å². The Morgan fingerprint density at radius 1 is 1.24 bits per heavy atom. The van der Waals surface area contributed by atoms with Gasteiger partial charge in [0.25, 0.3) is 5.89 Å². The third-order valence-electron chi connectivity index (χ3n) is 4.40. The summed E-state index contributed by atoms with van der Waals surface area (Å²) in [6.45, 7) is 6.07. The van der Waals surface area contributed by atoms with Crippen molar-refractivity contribution in [2.45, 2.75) is 38.6 Å². The second kappa shape index (κ2) is 7.65. The minimum absolute atomic E-state index is 0.165. The lowest BCUT2D eigenvalue weighted by Crippen LogP contribution is -2.44. The zero-order valence-electron chi connectivity index (χ0n) is 15.0. The molecule has 134 valence electrons. The van der Waals surface area contributed by atoms with Gasteiger partial charge in [-0.15, -0.1) is 0 Å². The number of amides is 2. The fraction of sp³-hybridized carbons (Fsp3) is 0.500. The maximum absolute atomic E-state index is 12.1. The average molecular weight is 343 g/mol. The van der Waals surface area contributed by atoms with E-state index in [4.69, 9.17) is 4.52 Å². The molecule has 2 N–H and O–H groups in total. The first-order valence-corrected chi connectivity index (χ1v) is 8.71. The molecule has 1 aromatic carbocycles. The van der Waals surface area contributed by atoms with Crippen molar-refractivity contribution in [3.05, 3.63) is 30.1 Å². The Labute approximate surface area is 147 Å². The summed E-state index contributed by atoms with van der Waals surface area (Å²) in [5.74, 6) is 1.41. The highest BCUT2D eigenvalue weighted by Gasteiger charge is 2.18. The monoisotopic (exact) mass is 343 g/mol. The number of benzene rings is 1. The van der Waals surface area contributed by atoms with Crippen LogP contribution in [0.25, 0.3) is 11.5 Å². The number of likely N-dealkylation sites (tertiary alicyclic amines) is 1. The number of carbonyl (C=O) groups excluding carboxylic acids is 1. The highest BCUT2D eigenvalue weighted by Crippen LogP contribution is 2.21. The zero-order valence-corrected chi connectivity index (χ0v) is 15.0. The summed E-state index contributed by atoms with van der Waals surface area (Å²) in [6.07, 6.45) is 1.97. The molecule has 0 radical (unpaired) electrons. The predicted molar refractivity (Wildman–Crippen MR) is 96.5 cm³/mol. The van der Waals surface area contributed by atoms with E-state index in [9.17, 15) is 4.79 Å². The quantitative estimate of drug-likeness (QED) is 0.891. The van der Waals surface area contributed by atoms with Gasteiger partial charge in [0.1, 0.15) is 0 Å². The highest BCUT2D eigenvalue weighted by atomic mass is 16.5. The van der Waals surface area contributed by atoms with Gasteiger partial charge in [-0.25, -0.2) is 4.79 Å². The molecule has 0 bridgehead atoms. The molecule has 1 fully saturated rings. The molecule has 0 spiro atoms. The van der Waals surface area contributed by atoms with E-state index in [1.54, 1.807) is 0 Å². The molecule has 0 unspecified atom stereocenters. The number of nitrogens with zero attached hydrogens (tertiary/aromatic N) is 3. The van der Waals surface area contributed by atoms with Gasteiger partial charge in [0.05, 0.1) is 0 Å². The lowest BCUT2D eigenvalue weighted by atomic mass is 10.1. The number of urea groups is 1. The molecule has 0 aliphatic carbocycles. The van der Waals surface area contributed by atoms with Crippen molar-refractivity contribution >= 4 is 11.7 Å². The van der Waals surface area contributed by atoms with Crippen LogP contribution in [0.1, 0.15) is 38.4 Å². The lowest BCUT2D eigenvalue weighted by molar-refractivity contribution is 0.221. The Morgan fingerprint density at radius 3 is 2.52 bits per heavy atom. The van der Waals surface area contributed by atoms with E-state index in [1.807, 2.05) is 38.1 Å². The molecular weight excluding hydrogens is 318 g/mol. The van der Waals surface area contributed by atoms with Crippen molar-refractivity contribution in [3.63, 3.8) is 0 Å². The fourth-order valence-electron chi connectivity index (χ4n) is 2.79. The van der Waals surface area contributed by atoms with Crippen molar-refractivity contribution in [2.75, 3.05) is 25.5 Å². The summed E-state index contributed by atoms with van der Waals surface area (Å²) < 4.78 is 5.28. The molecule has 2 heterocycles. The van der Waals surface area contributed by atoms with Crippen LogP contribution in [0.4, 0.5) is 10.5 Å². The number of nitrogens with one attached hydrogen (secondary N) is 2. The van der Waals surface area contributed by atoms with Gasteiger partial charge >= 0.3 is 6.03 Å². The third-order valence-corrected chi connectivity index (χ3v) is 4.40. The molecular formula is C18H25N5O2. The maximum atomic E-state index is 12.1. The van der Waals surface area contributed by atoms with Gasteiger partial charge in [0.2, 0.25) is 0 Å².